The monoisotopic (exact) mass is 376 g/mol. The fraction of sp³-hybridized carbons (Fsp3) is 0. The predicted molar refractivity (Wildman–Crippen MR) is 119 cm³/mol. The van der Waals surface area contributed by atoms with Crippen LogP contribution in [0.2, 0.25) is 0 Å². The standard InChI is InChI=1S/C25H16N2S/c1-2-8-18(9-3-1)27-22-12-6-4-10-19(22)20-15-14-17(16-23(20)27)25-26-21-11-5-7-13-24(21)28-25/h1-16H. The Morgan fingerprint density at radius 2 is 1.39 bits per heavy atom. The van der Waals surface area contributed by atoms with Gasteiger partial charge in [-0.2, -0.15) is 0 Å². The third-order valence-corrected chi connectivity index (χ3v) is 6.31. The molecule has 6 rings (SSSR count). The van der Waals surface area contributed by atoms with Gasteiger partial charge in [0.1, 0.15) is 5.01 Å². The average Bonchev–Trinajstić information content (AvgIpc) is 3.33. The van der Waals surface area contributed by atoms with Gasteiger partial charge in [0.15, 0.2) is 0 Å². The molecule has 2 aromatic heterocycles. The highest BCUT2D eigenvalue weighted by atomic mass is 32.1. The minimum absolute atomic E-state index is 1.06. The van der Waals surface area contributed by atoms with Crippen LogP contribution >= 0.6 is 11.3 Å². The van der Waals surface area contributed by atoms with Gasteiger partial charge in [0.25, 0.3) is 0 Å². The third kappa shape index (κ3) is 2.30. The minimum atomic E-state index is 1.06. The minimum Gasteiger partial charge on any atom is -0.309 e. The highest BCUT2D eigenvalue weighted by Gasteiger charge is 2.14. The van der Waals surface area contributed by atoms with Gasteiger partial charge in [-0.15, -0.1) is 11.3 Å². The van der Waals surface area contributed by atoms with Crippen molar-refractivity contribution in [3.05, 3.63) is 97.1 Å². The first-order chi connectivity index (χ1) is 13.9. The summed E-state index contributed by atoms with van der Waals surface area (Å²) in [6.45, 7) is 0. The molecule has 0 amide bonds. The largest absolute Gasteiger partial charge is 0.309 e. The molecule has 6 aromatic rings. The van der Waals surface area contributed by atoms with E-state index in [0.717, 1.165) is 16.1 Å². The molecule has 132 valence electrons. The maximum absolute atomic E-state index is 4.86. The van der Waals surface area contributed by atoms with Crippen molar-refractivity contribution < 1.29 is 0 Å². The van der Waals surface area contributed by atoms with Crippen LogP contribution in [0, 0.1) is 0 Å². The second-order valence-corrected chi connectivity index (χ2v) is 7.94. The first kappa shape index (κ1) is 15.6. The van der Waals surface area contributed by atoms with Crippen molar-refractivity contribution in [3.63, 3.8) is 0 Å². The molecule has 2 heterocycles. The van der Waals surface area contributed by atoms with Gasteiger partial charge in [0, 0.05) is 22.0 Å². The normalized spacial score (nSPS) is 11.6. The van der Waals surface area contributed by atoms with E-state index in [4.69, 9.17) is 4.98 Å². The summed E-state index contributed by atoms with van der Waals surface area (Å²) in [5, 5.41) is 3.61. The maximum Gasteiger partial charge on any atom is 0.124 e. The summed E-state index contributed by atoms with van der Waals surface area (Å²) in [6, 6.07) is 34.2. The molecule has 0 aliphatic carbocycles. The zero-order valence-corrected chi connectivity index (χ0v) is 15.9. The van der Waals surface area contributed by atoms with E-state index in [9.17, 15) is 0 Å². The second-order valence-electron chi connectivity index (χ2n) is 6.91. The molecule has 0 spiro atoms. The second kappa shape index (κ2) is 6.04. The average molecular weight is 376 g/mol. The lowest BCUT2D eigenvalue weighted by molar-refractivity contribution is 1.18. The Bertz CT molecular complexity index is 1430. The molecular weight excluding hydrogens is 360 g/mol. The fourth-order valence-electron chi connectivity index (χ4n) is 3.95. The number of rotatable bonds is 2. The van der Waals surface area contributed by atoms with Crippen LogP contribution in [-0.4, -0.2) is 9.55 Å². The summed E-state index contributed by atoms with van der Waals surface area (Å²) in [5.74, 6) is 0. The molecule has 28 heavy (non-hydrogen) atoms. The molecule has 2 nitrogen and oxygen atoms in total. The molecule has 0 aliphatic rings. The van der Waals surface area contributed by atoms with Gasteiger partial charge in [-0.05, 0) is 36.4 Å². The van der Waals surface area contributed by atoms with Gasteiger partial charge in [-0.1, -0.05) is 60.7 Å². The van der Waals surface area contributed by atoms with Gasteiger partial charge in [0.05, 0.1) is 21.3 Å². The predicted octanol–water partition coefficient (Wildman–Crippen LogP) is 7.06. The number of fused-ring (bicyclic) bond motifs is 4. The Labute approximate surface area is 166 Å². The Balaban J connectivity index is 1.67. The molecule has 0 N–H and O–H groups in total. The molecular formula is C25H16N2S. The van der Waals surface area contributed by atoms with Crippen molar-refractivity contribution in [1.82, 2.24) is 9.55 Å². The van der Waals surface area contributed by atoms with Crippen LogP contribution in [0.15, 0.2) is 97.1 Å². The van der Waals surface area contributed by atoms with E-state index in [1.807, 2.05) is 6.07 Å². The number of aromatic nitrogens is 2. The van der Waals surface area contributed by atoms with Crippen molar-refractivity contribution in [1.29, 1.82) is 0 Å². The Morgan fingerprint density at radius 1 is 0.643 bits per heavy atom. The first-order valence-electron chi connectivity index (χ1n) is 9.33. The maximum atomic E-state index is 4.86. The van der Waals surface area contributed by atoms with Crippen molar-refractivity contribution >= 4 is 43.4 Å². The molecule has 0 aliphatic heterocycles. The van der Waals surface area contributed by atoms with E-state index in [1.165, 1.54) is 32.2 Å². The van der Waals surface area contributed by atoms with Crippen LogP contribution in [0.25, 0.3) is 48.3 Å². The van der Waals surface area contributed by atoms with Gasteiger partial charge >= 0.3 is 0 Å². The fourth-order valence-corrected chi connectivity index (χ4v) is 4.92. The molecule has 0 fully saturated rings. The van der Waals surface area contributed by atoms with E-state index in [1.54, 1.807) is 11.3 Å². The van der Waals surface area contributed by atoms with Crippen LogP contribution in [0.1, 0.15) is 0 Å². The van der Waals surface area contributed by atoms with Crippen molar-refractivity contribution in [2.24, 2.45) is 0 Å². The zero-order chi connectivity index (χ0) is 18.5. The molecule has 3 heteroatoms. The molecule has 0 unspecified atom stereocenters. The Kier molecular flexibility index (Phi) is 3.37. The Hall–Kier alpha value is -3.43. The van der Waals surface area contributed by atoms with E-state index in [-0.39, 0.29) is 0 Å². The van der Waals surface area contributed by atoms with Gasteiger partial charge in [-0.25, -0.2) is 4.98 Å². The topological polar surface area (TPSA) is 17.8 Å². The summed E-state index contributed by atoms with van der Waals surface area (Å²) in [7, 11) is 0. The quantitative estimate of drug-likeness (QED) is 0.316. The molecule has 0 atom stereocenters. The van der Waals surface area contributed by atoms with Crippen LogP contribution in [0.4, 0.5) is 0 Å². The number of hydrogen-bond donors (Lipinski definition) is 0. The molecule has 0 bridgehead atoms. The molecule has 0 saturated heterocycles. The number of nitrogens with zero attached hydrogens (tertiary/aromatic N) is 2. The van der Waals surface area contributed by atoms with E-state index in [0.29, 0.717) is 0 Å². The van der Waals surface area contributed by atoms with E-state index in [2.05, 4.69) is 95.6 Å². The van der Waals surface area contributed by atoms with Crippen LogP contribution in [-0.2, 0) is 0 Å². The lowest BCUT2D eigenvalue weighted by Gasteiger charge is -2.08. The van der Waals surface area contributed by atoms with Crippen molar-refractivity contribution in [3.8, 4) is 16.3 Å². The summed E-state index contributed by atoms with van der Waals surface area (Å²) in [4.78, 5) is 4.86. The molecule has 0 saturated carbocycles. The summed E-state index contributed by atoms with van der Waals surface area (Å²) < 4.78 is 3.57. The van der Waals surface area contributed by atoms with Crippen LogP contribution < -0.4 is 0 Å². The zero-order valence-electron chi connectivity index (χ0n) is 15.0. The summed E-state index contributed by atoms with van der Waals surface area (Å²) in [5.41, 5.74) is 5.84. The number of hydrogen-bond acceptors (Lipinski definition) is 2. The number of para-hydroxylation sites is 3. The summed E-state index contributed by atoms with van der Waals surface area (Å²) in [6.07, 6.45) is 0. The Morgan fingerprint density at radius 3 is 2.29 bits per heavy atom. The van der Waals surface area contributed by atoms with Crippen molar-refractivity contribution in [2.75, 3.05) is 0 Å². The highest BCUT2D eigenvalue weighted by Crippen LogP contribution is 2.36. The van der Waals surface area contributed by atoms with Crippen LogP contribution in [0.5, 0.6) is 0 Å². The smallest absolute Gasteiger partial charge is 0.124 e. The SMILES string of the molecule is c1ccc(-n2c3ccccc3c3ccc(-c4nc5ccccc5s4)cc32)cc1. The van der Waals surface area contributed by atoms with Crippen LogP contribution in [0.3, 0.4) is 0 Å². The third-order valence-electron chi connectivity index (χ3n) is 5.23. The molecule has 0 radical (unpaired) electrons. The lowest BCUT2D eigenvalue weighted by atomic mass is 10.1. The summed E-state index contributed by atoms with van der Waals surface area (Å²) >= 11 is 1.75. The number of thiazole rings is 1. The van der Waals surface area contributed by atoms with E-state index < -0.39 is 0 Å². The van der Waals surface area contributed by atoms with Gasteiger partial charge < -0.3 is 4.57 Å². The molecule has 4 aromatic carbocycles. The first-order valence-corrected chi connectivity index (χ1v) is 10.1. The van der Waals surface area contributed by atoms with Crippen molar-refractivity contribution in [2.45, 2.75) is 0 Å². The van der Waals surface area contributed by atoms with Gasteiger partial charge in [-0.3, -0.25) is 0 Å². The van der Waals surface area contributed by atoms with E-state index >= 15 is 0 Å². The number of benzene rings is 4. The van der Waals surface area contributed by atoms with Gasteiger partial charge in [0.2, 0.25) is 0 Å². The highest BCUT2D eigenvalue weighted by molar-refractivity contribution is 7.21. The lowest BCUT2D eigenvalue weighted by Crippen LogP contribution is -1.93.